The zero-order chi connectivity index (χ0) is 13.8. The van der Waals surface area contributed by atoms with E-state index in [1.54, 1.807) is 30.3 Å². The van der Waals surface area contributed by atoms with Gasteiger partial charge in [-0.3, -0.25) is 4.79 Å². The standard InChI is InChI=1S/C16H16O3/c1-11-3-8-15(12(2)17)16(9-11)19-10-13-4-6-14(18)7-5-13/h3-9,18H,10H2,1-2H3. The van der Waals surface area contributed by atoms with Gasteiger partial charge in [-0.1, -0.05) is 18.2 Å². The summed E-state index contributed by atoms with van der Waals surface area (Å²) in [7, 11) is 0. The number of phenols is 1. The van der Waals surface area contributed by atoms with Crippen molar-refractivity contribution in [3.8, 4) is 11.5 Å². The number of ether oxygens (including phenoxy) is 1. The molecule has 3 nitrogen and oxygen atoms in total. The van der Waals surface area contributed by atoms with Gasteiger partial charge in [0.25, 0.3) is 0 Å². The first-order valence-electron chi connectivity index (χ1n) is 6.08. The van der Waals surface area contributed by atoms with Gasteiger partial charge in [0.05, 0.1) is 5.56 Å². The molecule has 0 amide bonds. The molecule has 0 unspecified atom stereocenters. The molecular formula is C16H16O3. The summed E-state index contributed by atoms with van der Waals surface area (Å²) in [5.41, 5.74) is 2.57. The van der Waals surface area contributed by atoms with Gasteiger partial charge in [0.15, 0.2) is 5.78 Å². The number of Topliss-reactive ketones (excluding diaryl/α,β-unsaturated/α-hetero) is 1. The molecule has 0 fully saturated rings. The number of benzene rings is 2. The molecular weight excluding hydrogens is 240 g/mol. The Kier molecular flexibility index (Phi) is 3.85. The summed E-state index contributed by atoms with van der Waals surface area (Å²) in [5.74, 6) is 0.810. The summed E-state index contributed by atoms with van der Waals surface area (Å²) >= 11 is 0. The molecule has 0 aliphatic rings. The average molecular weight is 256 g/mol. The van der Waals surface area contributed by atoms with Crippen LogP contribution in [0.5, 0.6) is 11.5 Å². The van der Waals surface area contributed by atoms with Gasteiger partial charge in [-0.05, 0) is 49.2 Å². The van der Waals surface area contributed by atoms with E-state index in [9.17, 15) is 9.90 Å². The highest BCUT2D eigenvalue weighted by atomic mass is 16.5. The van der Waals surface area contributed by atoms with Crippen LogP contribution in [0.1, 0.15) is 28.4 Å². The van der Waals surface area contributed by atoms with Crippen molar-refractivity contribution in [3.63, 3.8) is 0 Å². The lowest BCUT2D eigenvalue weighted by Gasteiger charge is -2.11. The maximum absolute atomic E-state index is 11.5. The van der Waals surface area contributed by atoms with Crippen molar-refractivity contribution in [3.05, 3.63) is 59.2 Å². The van der Waals surface area contributed by atoms with E-state index in [2.05, 4.69) is 0 Å². The normalized spacial score (nSPS) is 10.2. The third kappa shape index (κ3) is 3.35. The first-order chi connectivity index (χ1) is 9.06. The second kappa shape index (κ2) is 5.57. The Hall–Kier alpha value is -2.29. The largest absolute Gasteiger partial charge is 0.508 e. The van der Waals surface area contributed by atoms with Crippen LogP contribution in [-0.4, -0.2) is 10.9 Å². The van der Waals surface area contributed by atoms with Crippen molar-refractivity contribution in [2.75, 3.05) is 0 Å². The molecule has 2 aromatic rings. The lowest BCUT2D eigenvalue weighted by Crippen LogP contribution is -2.02. The molecule has 0 aliphatic heterocycles. The first-order valence-corrected chi connectivity index (χ1v) is 6.08. The fraction of sp³-hybridized carbons (Fsp3) is 0.188. The number of carbonyl (C=O) groups is 1. The van der Waals surface area contributed by atoms with Crippen molar-refractivity contribution >= 4 is 5.78 Å². The molecule has 0 spiro atoms. The summed E-state index contributed by atoms with van der Waals surface area (Å²) in [6, 6.07) is 12.3. The van der Waals surface area contributed by atoms with Gasteiger partial charge in [-0.15, -0.1) is 0 Å². The van der Waals surface area contributed by atoms with Gasteiger partial charge < -0.3 is 9.84 Å². The van der Waals surface area contributed by atoms with Gasteiger partial charge in [0.2, 0.25) is 0 Å². The molecule has 0 bridgehead atoms. The van der Waals surface area contributed by atoms with E-state index in [-0.39, 0.29) is 11.5 Å². The van der Waals surface area contributed by atoms with E-state index in [1.165, 1.54) is 6.92 Å². The molecule has 2 aromatic carbocycles. The molecule has 0 radical (unpaired) electrons. The lowest BCUT2D eigenvalue weighted by molar-refractivity contribution is 0.101. The summed E-state index contributed by atoms with van der Waals surface area (Å²) in [6.07, 6.45) is 0. The predicted octanol–water partition coefficient (Wildman–Crippen LogP) is 3.48. The predicted molar refractivity (Wildman–Crippen MR) is 73.6 cm³/mol. The lowest BCUT2D eigenvalue weighted by atomic mass is 10.1. The van der Waals surface area contributed by atoms with Crippen LogP contribution in [0.15, 0.2) is 42.5 Å². The number of hydrogen-bond donors (Lipinski definition) is 1. The molecule has 0 atom stereocenters. The Morgan fingerprint density at radius 2 is 1.84 bits per heavy atom. The molecule has 2 rings (SSSR count). The topological polar surface area (TPSA) is 46.5 Å². The molecule has 0 aromatic heterocycles. The van der Waals surface area contributed by atoms with Crippen LogP contribution in [-0.2, 0) is 6.61 Å². The SMILES string of the molecule is CC(=O)c1ccc(C)cc1OCc1ccc(O)cc1. The molecule has 1 N–H and O–H groups in total. The molecule has 19 heavy (non-hydrogen) atoms. The van der Waals surface area contributed by atoms with Crippen LogP contribution in [0.4, 0.5) is 0 Å². The number of rotatable bonds is 4. The van der Waals surface area contributed by atoms with Crippen LogP contribution >= 0.6 is 0 Å². The maximum Gasteiger partial charge on any atom is 0.163 e. The highest BCUT2D eigenvalue weighted by molar-refractivity contribution is 5.96. The number of aryl methyl sites for hydroxylation is 1. The van der Waals surface area contributed by atoms with Crippen molar-refractivity contribution in [1.29, 1.82) is 0 Å². The summed E-state index contributed by atoms with van der Waals surface area (Å²) in [4.78, 5) is 11.5. The number of aromatic hydroxyl groups is 1. The van der Waals surface area contributed by atoms with Gasteiger partial charge in [-0.2, -0.15) is 0 Å². The van der Waals surface area contributed by atoms with Crippen LogP contribution in [0.3, 0.4) is 0 Å². The zero-order valence-corrected chi connectivity index (χ0v) is 11.0. The van der Waals surface area contributed by atoms with E-state index in [4.69, 9.17) is 4.74 Å². The van der Waals surface area contributed by atoms with E-state index >= 15 is 0 Å². The van der Waals surface area contributed by atoms with Crippen LogP contribution in [0.2, 0.25) is 0 Å². The average Bonchev–Trinajstić information content (AvgIpc) is 2.38. The third-order valence-corrected chi connectivity index (χ3v) is 2.85. The molecule has 0 aliphatic carbocycles. The Labute approximate surface area is 112 Å². The second-order valence-electron chi connectivity index (χ2n) is 4.51. The Morgan fingerprint density at radius 3 is 2.47 bits per heavy atom. The maximum atomic E-state index is 11.5. The van der Waals surface area contributed by atoms with Gasteiger partial charge in [0.1, 0.15) is 18.1 Å². The number of phenolic OH excluding ortho intramolecular Hbond substituents is 1. The van der Waals surface area contributed by atoms with Crippen molar-refractivity contribution in [2.24, 2.45) is 0 Å². The van der Waals surface area contributed by atoms with Crippen molar-refractivity contribution in [1.82, 2.24) is 0 Å². The quantitative estimate of drug-likeness (QED) is 0.852. The number of hydrogen-bond acceptors (Lipinski definition) is 3. The summed E-state index contributed by atoms with van der Waals surface area (Å²) < 4.78 is 5.70. The minimum Gasteiger partial charge on any atom is -0.508 e. The molecule has 0 saturated heterocycles. The van der Waals surface area contributed by atoms with E-state index in [1.807, 2.05) is 19.1 Å². The van der Waals surface area contributed by atoms with E-state index < -0.39 is 0 Å². The van der Waals surface area contributed by atoms with Crippen LogP contribution in [0.25, 0.3) is 0 Å². The smallest absolute Gasteiger partial charge is 0.163 e. The fourth-order valence-electron chi connectivity index (χ4n) is 1.79. The molecule has 98 valence electrons. The highest BCUT2D eigenvalue weighted by Crippen LogP contribution is 2.22. The zero-order valence-electron chi connectivity index (χ0n) is 11.0. The van der Waals surface area contributed by atoms with Crippen LogP contribution < -0.4 is 4.74 Å². The van der Waals surface area contributed by atoms with Gasteiger partial charge in [0, 0.05) is 0 Å². The van der Waals surface area contributed by atoms with Gasteiger partial charge in [-0.25, -0.2) is 0 Å². The Balaban J connectivity index is 2.16. The van der Waals surface area contributed by atoms with E-state index in [0.717, 1.165) is 11.1 Å². The van der Waals surface area contributed by atoms with E-state index in [0.29, 0.717) is 17.9 Å². The molecule has 3 heteroatoms. The van der Waals surface area contributed by atoms with Crippen LogP contribution in [0, 0.1) is 6.92 Å². The minimum atomic E-state index is -0.0132. The summed E-state index contributed by atoms with van der Waals surface area (Å²) in [6.45, 7) is 3.85. The number of ketones is 1. The monoisotopic (exact) mass is 256 g/mol. The second-order valence-corrected chi connectivity index (χ2v) is 4.51. The third-order valence-electron chi connectivity index (χ3n) is 2.85. The Morgan fingerprint density at radius 1 is 1.16 bits per heavy atom. The first kappa shape index (κ1) is 13.1. The minimum absolute atomic E-state index is 0.0132. The number of carbonyl (C=O) groups excluding carboxylic acids is 1. The molecule has 0 heterocycles. The van der Waals surface area contributed by atoms with Crippen molar-refractivity contribution < 1.29 is 14.6 Å². The highest BCUT2D eigenvalue weighted by Gasteiger charge is 2.08. The van der Waals surface area contributed by atoms with Gasteiger partial charge >= 0.3 is 0 Å². The summed E-state index contributed by atoms with van der Waals surface area (Å²) in [5, 5.41) is 9.21. The fourth-order valence-corrected chi connectivity index (χ4v) is 1.79. The molecule has 0 saturated carbocycles. The van der Waals surface area contributed by atoms with Crippen molar-refractivity contribution in [2.45, 2.75) is 20.5 Å². The Bertz CT molecular complexity index is 585.